The fourth-order valence-electron chi connectivity index (χ4n) is 1.94. The summed E-state index contributed by atoms with van der Waals surface area (Å²) in [5.41, 5.74) is 0.758. The van der Waals surface area contributed by atoms with Crippen molar-refractivity contribution in [2.45, 2.75) is 12.8 Å². The predicted octanol–water partition coefficient (Wildman–Crippen LogP) is 3.29. The third-order valence-corrected chi connectivity index (χ3v) is 3.43. The summed E-state index contributed by atoms with van der Waals surface area (Å²) >= 11 is 11.9. The molecule has 3 nitrogen and oxygen atoms in total. The highest BCUT2D eigenvalue weighted by atomic mass is 35.5. The lowest BCUT2D eigenvalue weighted by atomic mass is 10.2. The molecular weight excluding hydrogens is 249 g/mol. The third-order valence-electron chi connectivity index (χ3n) is 2.73. The molecule has 0 unspecified atom stereocenters. The third kappa shape index (κ3) is 1.97. The van der Waals surface area contributed by atoms with E-state index in [4.69, 9.17) is 28.3 Å². The first-order chi connectivity index (χ1) is 7.61. The van der Waals surface area contributed by atoms with Crippen LogP contribution in [0.4, 0.5) is 5.69 Å². The molecule has 5 heteroatoms. The van der Waals surface area contributed by atoms with E-state index in [0.717, 1.165) is 31.6 Å². The average molecular weight is 260 g/mol. The van der Waals surface area contributed by atoms with Gasteiger partial charge in [0, 0.05) is 13.1 Å². The van der Waals surface area contributed by atoms with Gasteiger partial charge in [0.25, 0.3) is 0 Å². The second-order valence-corrected chi connectivity index (χ2v) is 4.54. The average Bonchev–Trinajstić information content (AvgIpc) is 2.70. The Balaban J connectivity index is 2.47. The van der Waals surface area contributed by atoms with Crippen LogP contribution in [0.3, 0.4) is 0 Å². The summed E-state index contributed by atoms with van der Waals surface area (Å²) in [6, 6.07) is 3.37. The van der Waals surface area contributed by atoms with Gasteiger partial charge in [-0.15, -0.1) is 0 Å². The van der Waals surface area contributed by atoms with Crippen LogP contribution >= 0.6 is 23.2 Å². The molecule has 16 heavy (non-hydrogen) atoms. The van der Waals surface area contributed by atoms with Crippen LogP contribution in [0.2, 0.25) is 10.0 Å². The molecule has 0 aliphatic carbocycles. The number of aromatic carboxylic acids is 1. The minimum absolute atomic E-state index is 0.00673. The largest absolute Gasteiger partial charge is 0.478 e. The molecular formula is C11H11Cl2NO2. The van der Waals surface area contributed by atoms with Gasteiger partial charge in [0.15, 0.2) is 0 Å². The Morgan fingerprint density at radius 3 is 2.44 bits per heavy atom. The fourth-order valence-corrected chi connectivity index (χ4v) is 2.59. The number of anilines is 1. The molecule has 0 atom stereocenters. The van der Waals surface area contributed by atoms with Gasteiger partial charge in [-0.05, 0) is 25.0 Å². The fraction of sp³-hybridized carbons (Fsp3) is 0.364. The highest BCUT2D eigenvalue weighted by molar-refractivity contribution is 6.41. The molecule has 1 aromatic rings. The number of rotatable bonds is 2. The maximum atomic E-state index is 11.0. The SMILES string of the molecule is O=C(O)c1c(Cl)ccc(N2CCCC2)c1Cl. The standard InChI is InChI=1S/C11H11Cl2NO2/c12-7-3-4-8(14-5-1-2-6-14)10(13)9(7)11(15)16/h3-4H,1-2,5-6H2,(H,15,16). The summed E-state index contributed by atoms with van der Waals surface area (Å²) in [4.78, 5) is 13.1. The predicted molar refractivity (Wildman–Crippen MR) is 64.9 cm³/mol. The van der Waals surface area contributed by atoms with Gasteiger partial charge in [-0.1, -0.05) is 23.2 Å². The Bertz CT molecular complexity index is 428. The van der Waals surface area contributed by atoms with Crippen molar-refractivity contribution >= 4 is 34.9 Å². The summed E-state index contributed by atoms with van der Waals surface area (Å²) in [5, 5.41) is 9.45. The van der Waals surface area contributed by atoms with E-state index in [-0.39, 0.29) is 15.6 Å². The molecule has 1 heterocycles. The lowest BCUT2D eigenvalue weighted by molar-refractivity contribution is 0.0697. The number of carbonyl (C=O) groups is 1. The minimum Gasteiger partial charge on any atom is -0.478 e. The van der Waals surface area contributed by atoms with Gasteiger partial charge in [0.05, 0.1) is 21.3 Å². The molecule has 1 saturated heterocycles. The Labute approximate surface area is 104 Å². The van der Waals surface area contributed by atoms with Crippen molar-refractivity contribution < 1.29 is 9.90 Å². The molecule has 1 aromatic carbocycles. The number of benzene rings is 1. The van der Waals surface area contributed by atoms with Gasteiger partial charge < -0.3 is 10.0 Å². The normalized spacial score (nSPS) is 15.5. The van der Waals surface area contributed by atoms with Crippen molar-refractivity contribution in [2.24, 2.45) is 0 Å². The Hall–Kier alpha value is -0.930. The summed E-state index contributed by atoms with van der Waals surface area (Å²) in [6.45, 7) is 1.83. The number of hydrogen-bond acceptors (Lipinski definition) is 2. The molecule has 1 fully saturated rings. The molecule has 0 bridgehead atoms. The number of carboxylic acids is 1. The summed E-state index contributed by atoms with van der Waals surface area (Å²) < 4.78 is 0. The first-order valence-electron chi connectivity index (χ1n) is 5.07. The monoisotopic (exact) mass is 259 g/mol. The quantitative estimate of drug-likeness (QED) is 0.886. The number of nitrogens with zero attached hydrogens (tertiary/aromatic N) is 1. The van der Waals surface area contributed by atoms with Gasteiger partial charge >= 0.3 is 5.97 Å². The Kier molecular flexibility index (Phi) is 3.26. The molecule has 1 N–H and O–H groups in total. The highest BCUT2D eigenvalue weighted by Crippen LogP contribution is 2.35. The van der Waals surface area contributed by atoms with Crippen LogP contribution in [0.25, 0.3) is 0 Å². The second kappa shape index (κ2) is 4.52. The van der Waals surface area contributed by atoms with Crippen LogP contribution < -0.4 is 4.90 Å². The van der Waals surface area contributed by atoms with E-state index in [1.807, 2.05) is 0 Å². The van der Waals surface area contributed by atoms with Crippen molar-refractivity contribution in [3.05, 3.63) is 27.7 Å². The van der Waals surface area contributed by atoms with Crippen molar-refractivity contribution in [3.8, 4) is 0 Å². The van der Waals surface area contributed by atoms with Crippen LogP contribution in [-0.4, -0.2) is 24.2 Å². The molecule has 0 aromatic heterocycles. The minimum atomic E-state index is -1.09. The maximum Gasteiger partial charge on any atom is 0.338 e. The molecule has 2 rings (SSSR count). The molecule has 86 valence electrons. The van der Waals surface area contributed by atoms with Gasteiger partial charge in [-0.2, -0.15) is 0 Å². The molecule has 1 aliphatic rings. The lowest BCUT2D eigenvalue weighted by Crippen LogP contribution is -2.18. The van der Waals surface area contributed by atoms with E-state index >= 15 is 0 Å². The van der Waals surface area contributed by atoms with E-state index in [1.165, 1.54) is 0 Å². The zero-order valence-corrected chi connectivity index (χ0v) is 10.1. The molecule has 0 amide bonds. The van der Waals surface area contributed by atoms with Gasteiger partial charge in [-0.25, -0.2) is 4.79 Å². The first kappa shape index (κ1) is 11.6. The van der Waals surface area contributed by atoms with Crippen LogP contribution in [0, 0.1) is 0 Å². The molecule has 0 radical (unpaired) electrons. The topological polar surface area (TPSA) is 40.5 Å². The van der Waals surface area contributed by atoms with Crippen LogP contribution in [0.15, 0.2) is 12.1 Å². The summed E-state index contributed by atoms with van der Waals surface area (Å²) in [5.74, 6) is -1.09. The summed E-state index contributed by atoms with van der Waals surface area (Å²) in [7, 11) is 0. The zero-order chi connectivity index (χ0) is 11.7. The number of hydrogen-bond donors (Lipinski definition) is 1. The van der Waals surface area contributed by atoms with Crippen molar-refractivity contribution in [1.29, 1.82) is 0 Å². The van der Waals surface area contributed by atoms with Gasteiger partial charge in [-0.3, -0.25) is 0 Å². The van der Waals surface area contributed by atoms with E-state index in [2.05, 4.69) is 4.90 Å². The Morgan fingerprint density at radius 1 is 1.25 bits per heavy atom. The van der Waals surface area contributed by atoms with E-state index in [0.29, 0.717) is 0 Å². The highest BCUT2D eigenvalue weighted by Gasteiger charge is 2.21. The van der Waals surface area contributed by atoms with Gasteiger partial charge in [0.1, 0.15) is 0 Å². The van der Waals surface area contributed by atoms with E-state index in [9.17, 15) is 4.79 Å². The van der Waals surface area contributed by atoms with Crippen LogP contribution in [0.1, 0.15) is 23.2 Å². The first-order valence-corrected chi connectivity index (χ1v) is 5.83. The summed E-state index contributed by atoms with van der Waals surface area (Å²) in [6.07, 6.45) is 2.22. The lowest BCUT2D eigenvalue weighted by Gasteiger charge is -2.20. The second-order valence-electron chi connectivity index (χ2n) is 3.75. The van der Waals surface area contributed by atoms with Crippen LogP contribution in [-0.2, 0) is 0 Å². The van der Waals surface area contributed by atoms with E-state index < -0.39 is 5.97 Å². The molecule has 1 aliphatic heterocycles. The Morgan fingerprint density at radius 2 is 1.88 bits per heavy atom. The van der Waals surface area contributed by atoms with Crippen molar-refractivity contribution in [2.75, 3.05) is 18.0 Å². The maximum absolute atomic E-state index is 11.0. The van der Waals surface area contributed by atoms with Crippen LogP contribution in [0.5, 0.6) is 0 Å². The molecule has 0 spiro atoms. The van der Waals surface area contributed by atoms with Gasteiger partial charge in [0.2, 0.25) is 0 Å². The van der Waals surface area contributed by atoms with Crippen molar-refractivity contribution in [1.82, 2.24) is 0 Å². The van der Waals surface area contributed by atoms with E-state index in [1.54, 1.807) is 12.1 Å². The molecule has 0 saturated carbocycles. The number of carboxylic acid groups (broad SMARTS) is 1. The van der Waals surface area contributed by atoms with Crippen molar-refractivity contribution in [3.63, 3.8) is 0 Å². The number of halogens is 2. The zero-order valence-electron chi connectivity index (χ0n) is 8.54. The smallest absolute Gasteiger partial charge is 0.338 e.